The molecule has 0 aliphatic heterocycles. The van der Waals surface area contributed by atoms with Crippen molar-refractivity contribution in [2.75, 3.05) is 13.1 Å². The van der Waals surface area contributed by atoms with Crippen LogP contribution < -0.4 is 0 Å². The summed E-state index contributed by atoms with van der Waals surface area (Å²) in [4.78, 5) is 13.5. The lowest BCUT2D eigenvalue weighted by Gasteiger charge is -2.24. The second-order valence-corrected chi connectivity index (χ2v) is 7.75. The van der Waals surface area contributed by atoms with Gasteiger partial charge in [-0.15, -0.1) is 0 Å². The second-order valence-electron chi connectivity index (χ2n) is 6.83. The molecule has 0 saturated carbocycles. The highest BCUT2D eigenvalue weighted by atomic mass is 79.9. The molecule has 4 rings (SSSR count). The Morgan fingerprint density at radius 2 is 1.44 bits per heavy atom. The summed E-state index contributed by atoms with van der Waals surface area (Å²) in [5, 5.41) is 9.77. The van der Waals surface area contributed by atoms with Crippen LogP contribution in [0.5, 0.6) is 0 Å². The second kappa shape index (κ2) is 7.57. The van der Waals surface area contributed by atoms with Crippen molar-refractivity contribution >= 4 is 22.0 Å². The molecule has 1 amide bonds. The fraction of sp³-hybridized carbons (Fsp3) is 0.174. The summed E-state index contributed by atoms with van der Waals surface area (Å²) in [6, 6.07) is 24.7. The average molecular weight is 422 g/mol. The first-order valence-corrected chi connectivity index (χ1v) is 9.83. The predicted molar refractivity (Wildman–Crippen MR) is 111 cm³/mol. The summed E-state index contributed by atoms with van der Waals surface area (Å²) in [6.07, 6.45) is -0.163. The van der Waals surface area contributed by atoms with Crippen molar-refractivity contribution in [1.82, 2.24) is 4.90 Å². The normalized spacial score (nSPS) is 12.5. The molecule has 3 aromatic carbocycles. The van der Waals surface area contributed by atoms with Gasteiger partial charge in [0.05, 0.1) is 0 Å². The number of amides is 1. The Kier molecular flexibility index (Phi) is 4.99. The fourth-order valence-corrected chi connectivity index (χ4v) is 4.12. The highest BCUT2D eigenvalue weighted by Crippen LogP contribution is 2.44. The monoisotopic (exact) mass is 421 g/mol. The molecule has 136 valence electrons. The van der Waals surface area contributed by atoms with E-state index in [1.165, 1.54) is 22.3 Å². The van der Waals surface area contributed by atoms with Crippen molar-refractivity contribution in [3.63, 3.8) is 0 Å². The van der Waals surface area contributed by atoms with E-state index >= 15 is 0 Å². The van der Waals surface area contributed by atoms with Gasteiger partial charge in [0.15, 0.2) is 0 Å². The molecular formula is C23H20BrNO2. The van der Waals surface area contributed by atoms with Crippen molar-refractivity contribution in [1.29, 1.82) is 0 Å². The van der Waals surface area contributed by atoms with E-state index in [0.29, 0.717) is 19.5 Å². The van der Waals surface area contributed by atoms with E-state index in [1.807, 2.05) is 48.5 Å². The van der Waals surface area contributed by atoms with E-state index in [2.05, 4.69) is 40.2 Å². The zero-order valence-corrected chi connectivity index (χ0v) is 16.4. The molecule has 0 saturated heterocycles. The van der Waals surface area contributed by atoms with Gasteiger partial charge in [-0.05, 0) is 46.4 Å². The molecule has 0 radical (unpaired) electrons. The average Bonchev–Trinajstić information content (AvgIpc) is 3.00. The SMILES string of the molecule is O=C(O)N(CCc1ccc(Br)cc1)CC1c2ccccc2-c2ccccc21. The summed E-state index contributed by atoms with van der Waals surface area (Å²) in [6.45, 7) is 0.956. The van der Waals surface area contributed by atoms with E-state index in [0.717, 1.165) is 10.0 Å². The number of hydrogen-bond donors (Lipinski definition) is 1. The Hall–Kier alpha value is -2.59. The zero-order valence-electron chi connectivity index (χ0n) is 14.8. The maximum absolute atomic E-state index is 11.9. The maximum atomic E-state index is 11.9. The molecule has 1 aliphatic rings. The van der Waals surface area contributed by atoms with Crippen LogP contribution in [0.15, 0.2) is 77.3 Å². The Balaban J connectivity index is 1.57. The molecule has 0 unspecified atom stereocenters. The Labute approximate surface area is 167 Å². The largest absolute Gasteiger partial charge is 0.465 e. The molecule has 1 N–H and O–H groups in total. The number of carboxylic acid groups (broad SMARTS) is 1. The van der Waals surface area contributed by atoms with Gasteiger partial charge in [-0.3, -0.25) is 0 Å². The lowest BCUT2D eigenvalue weighted by molar-refractivity contribution is 0.144. The smallest absolute Gasteiger partial charge is 0.407 e. The number of rotatable bonds is 5. The van der Waals surface area contributed by atoms with E-state index in [1.54, 1.807) is 4.90 Å². The van der Waals surface area contributed by atoms with Crippen molar-refractivity contribution < 1.29 is 9.90 Å². The van der Waals surface area contributed by atoms with Crippen molar-refractivity contribution in [2.45, 2.75) is 12.3 Å². The number of benzene rings is 3. The van der Waals surface area contributed by atoms with Gasteiger partial charge in [-0.1, -0.05) is 76.6 Å². The number of nitrogens with zero attached hydrogens (tertiary/aromatic N) is 1. The molecule has 1 aliphatic carbocycles. The van der Waals surface area contributed by atoms with Gasteiger partial charge in [-0.2, -0.15) is 0 Å². The summed E-state index contributed by atoms with van der Waals surface area (Å²) in [5.74, 6) is 0.0819. The van der Waals surface area contributed by atoms with Crippen molar-refractivity contribution in [3.8, 4) is 11.1 Å². The minimum absolute atomic E-state index is 0.0819. The minimum Gasteiger partial charge on any atom is -0.465 e. The molecule has 4 heteroatoms. The molecule has 0 aromatic heterocycles. The van der Waals surface area contributed by atoms with Gasteiger partial charge in [0.25, 0.3) is 0 Å². The van der Waals surface area contributed by atoms with Crippen LogP contribution in [-0.4, -0.2) is 29.2 Å². The van der Waals surface area contributed by atoms with Gasteiger partial charge >= 0.3 is 6.09 Å². The third kappa shape index (κ3) is 3.62. The minimum atomic E-state index is -0.867. The van der Waals surface area contributed by atoms with Gasteiger partial charge in [0, 0.05) is 23.5 Å². The molecule has 0 fully saturated rings. The Morgan fingerprint density at radius 1 is 0.889 bits per heavy atom. The Morgan fingerprint density at radius 3 is 2.00 bits per heavy atom. The molecule has 0 bridgehead atoms. The molecule has 3 aromatic rings. The topological polar surface area (TPSA) is 40.5 Å². The lowest BCUT2D eigenvalue weighted by Crippen LogP contribution is -2.35. The van der Waals surface area contributed by atoms with E-state index in [9.17, 15) is 9.90 Å². The van der Waals surface area contributed by atoms with Crippen LogP contribution in [0.3, 0.4) is 0 Å². The third-order valence-corrected chi connectivity index (χ3v) is 5.75. The maximum Gasteiger partial charge on any atom is 0.407 e. The summed E-state index contributed by atoms with van der Waals surface area (Å²) >= 11 is 3.43. The molecular weight excluding hydrogens is 402 g/mol. The van der Waals surface area contributed by atoms with Crippen molar-refractivity contribution in [2.24, 2.45) is 0 Å². The highest BCUT2D eigenvalue weighted by Gasteiger charge is 2.30. The summed E-state index contributed by atoms with van der Waals surface area (Å²) in [7, 11) is 0. The molecule has 3 nitrogen and oxygen atoms in total. The first-order valence-electron chi connectivity index (χ1n) is 9.04. The summed E-state index contributed by atoms with van der Waals surface area (Å²) < 4.78 is 1.03. The number of hydrogen-bond acceptors (Lipinski definition) is 1. The van der Waals surface area contributed by atoms with Crippen LogP contribution in [-0.2, 0) is 6.42 Å². The van der Waals surface area contributed by atoms with Crippen LogP contribution in [0.1, 0.15) is 22.6 Å². The fourth-order valence-electron chi connectivity index (χ4n) is 3.86. The quantitative estimate of drug-likeness (QED) is 0.566. The molecule has 0 spiro atoms. The Bertz CT molecular complexity index is 923. The summed E-state index contributed by atoms with van der Waals surface area (Å²) in [5.41, 5.74) is 6.01. The molecule has 0 atom stereocenters. The van der Waals surface area contributed by atoms with Gasteiger partial charge in [0.2, 0.25) is 0 Å². The standard InChI is InChI=1S/C23H20BrNO2/c24-17-11-9-16(10-12-17)13-14-25(23(26)27)15-22-20-7-3-1-5-18(20)19-6-2-4-8-21(19)22/h1-12,22H,13-15H2,(H,26,27). The van der Waals surface area contributed by atoms with Crippen LogP contribution >= 0.6 is 15.9 Å². The van der Waals surface area contributed by atoms with Gasteiger partial charge in [0.1, 0.15) is 0 Å². The molecule has 0 heterocycles. The van der Waals surface area contributed by atoms with Crippen LogP contribution in [0.2, 0.25) is 0 Å². The number of carbonyl (C=O) groups is 1. The van der Waals surface area contributed by atoms with E-state index < -0.39 is 6.09 Å². The lowest BCUT2D eigenvalue weighted by atomic mass is 9.96. The van der Waals surface area contributed by atoms with Gasteiger partial charge < -0.3 is 10.0 Å². The zero-order chi connectivity index (χ0) is 18.8. The molecule has 27 heavy (non-hydrogen) atoms. The number of fused-ring (bicyclic) bond motifs is 3. The highest BCUT2D eigenvalue weighted by molar-refractivity contribution is 9.10. The van der Waals surface area contributed by atoms with E-state index in [-0.39, 0.29) is 5.92 Å². The van der Waals surface area contributed by atoms with Crippen molar-refractivity contribution in [3.05, 3.63) is 94.0 Å². The third-order valence-electron chi connectivity index (χ3n) is 5.22. The predicted octanol–water partition coefficient (Wildman–Crippen LogP) is 5.78. The van der Waals surface area contributed by atoms with E-state index in [4.69, 9.17) is 0 Å². The first-order chi connectivity index (χ1) is 13.1. The van der Waals surface area contributed by atoms with Crippen LogP contribution in [0.25, 0.3) is 11.1 Å². The van der Waals surface area contributed by atoms with Crippen LogP contribution in [0.4, 0.5) is 4.79 Å². The first kappa shape index (κ1) is 17.8. The van der Waals surface area contributed by atoms with Crippen LogP contribution in [0, 0.1) is 0 Å². The van der Waals surface area contributed by atoms with Gasteiger partial charge in [-0.25, -0.2) is 4.79 Å². The number of halogens is 1.